The molecule has 1 N–H and O–H groups in total. The van der Waals surface area contributed by atoms with Crippen molar-refractivity contribution in [2.24, 2.45) is 0 Å². The molecule has 0 fully saturated rings. The van der Waals surface area contributed by atoms with Crippen LogP contribution in [0.2, 0.25) is 0 Å². The van der Waals surface area contributed by atoms with Crippen molar-refractivity contribution in [2.45, 2.75) is 0 Å². The van der Waals surface area contributed by atoms with Crippen molar-refractivity contribution in [3.8, 4) is 0 Å². The van der Waals surface area contributed by atoms with Gasteiger partial charge in [-0.2, -0.15) is 5.16 Å². The Bertz CT molecular complexity index is 240. The van der Waals surface area contributed by atoms with Crippen LogP contribution in [0.3, 0.4) is 0 Å². The molecule has 0 aliphatic rings. The Balaban J connectivity index is 3.41. The van der Waals surface area contributed by atoms with Gasteiger partial charge < -0.3 is 4.52 Å². The average Bonchev–Trinajstić information content (AvgIpc) is 1.98. The van der Waals surface area contributed by atoms with Crippen LogP contribution < -0.4 is 16.5 Å². The summed E-state index contributed by atoms with van der Waals surface area (Å²) in [5.74, 6) is 0. The highest BCUT2D eigenvalue weighted by molar-refractivity contribution is 7.28. The van der Waals surface area contributed by atoms with Gasteiger partial charge in [-0.3, -0.25) is 4.79 Å². The molecule has 40 valence electrons. The lowest BCUT2D eigenvalue weighted by Crippen LogP contribution is -2.25. The predicted molar refractivity (Wildman–Crippen MR) is 34.1 cm³/mol. The van der Waals surface area contributed by atoms with Crippen molar-refractivity contribution in [2.75, 3.05) is 0 Å². The fourth-order valence-corrected chi connectivity index (χ4v) is 0.441. The van der Waals surface area contributed by atoms with E-state index in [0.29, 0.717) is 5.30 Å². The molecule has 0 spiro atoms. The van der Waals surface area contributed by atoms with Gasteiger partial charge in [0.2, 0.25) is 0 Å². The predicted octanol–water partition coefficient (Wildman–Crippen LogP) is -1.74. The van der Waals surface area contributed by atoms with Crippen molar-refractivity contribution in [1.82, 2.24) is 5.16 Å². The van der Waals surface area contributed by atoms with Gasteiger partial charge in [-0.05, 0) is 0 Å². The Hall–Kier alpha value is -0.495. The summed E-state index contributed by atoms with van der Waals surface area (Å²) in [6, 6.07) is 0. The molecule has 8 heavy (non-hydrogen) atoms. The quantitative estimate of drug-likeness (QED) is 0.332. The van der Waals surface area contributed by atoms with Gasteiger partial charge in [0.25, 0.3) is 5.56 Å². The van der Waals surface area contributed by atoms with E-state index in [0.717, 1.165) is 0 Å². The smallest absolute Gasteiger partial charge is 0.286 e. The third-order valence-corrected chi connectivity index (χ3v) is 1.31. The average molecular weight is 127 g/mol. The highest BCUT2D eigenvalue weighted by atomic mass is 31.0. The first kappa shape index (κ1) is 5.64. The summed E-state index contributed by atoms with van der Waals surface area (Å²) >= 11 is 0. The molecule has 1 aromatic heterocycles. The van der Waals surface area contributed by atoms with Crippen LogP contribution in [0.1, 0.15) is 0 Å². The fraction of sp³-hybridized carbons (Fsp3) is 0. The summed E-state index contributed by atoms with van der Waals surface area (Å²) in [6.07, 6.45) is 0. The van der Waals surface area contributed by atoms with E-state index >= 15 is 0 Å². The van der Waals surface area contributed by atoms with E-state index in [1.165, 1.54) is 0 Å². The molecule has 1 unspecified atom stereocenters. The van der Waals surface area contributed by atoms with Crippen molar-refractivity contribution in [1.29, 1.82) is 0 Å². The normalized spacial score (nSPS) is 9.62. The van der Waals surface area contributed by atoms with Gasteiger partial charge in [-0.15, -0.1) is 0 Å². The van der Waals surface area contributed by atoms with Gasteiger partial charge in [0, 0.05) is 0 Å². The molecule has 1 atom stereocenters. The van der Waals surface area contributed by atoms with Gasteiger partial charge in [0.15, 0.2) is 7.85 Å². The van der Waals surface area contributed by atoms with Crippen LogP contribution >= 0.6 is 9.24 Å². The second-order valence-corrected chi connectivity index (χ2v) is 1.89. The first-order valence-electron chi connectivity index (χ1n) is 1.94. The molecular weight excluding hydrogens is 124 g/mol. The van der Waals surface area contributed by atoms with E-state index in [9.17, 15) is 4.79 Å². The Labute approximate surface area is 49.0 Å². The zero-order valence-electron chi connectivity index (χ0n) is 3.97. The Morgan fingerprint density at radius 2 is 2.38 bits per heavy atom. The topological polar surface area (TPSA) is 46.0 Å². The molecule has 0 aromatic carbocycles. The van der Waals surface area contributed by atoms with Crippen molar-refractivity contribution < 1.29 is 4.52 Å². The fourth-order valence-electron chi connectivity index (χ4n) is 0.323. The van der Waals surface area contributed by atoms with Gasteiger partial charge in [0.05, 0.1) is 11.0 Å². The Morgan fingerprint density at radius 1 is 1.75 bits per heavy atom. The summed E-state index contributed by atoms with van der Waals surface area (Å²) in [5, 5.41) is 2.41. The summed E-state index contributed by atoms with van der Waals surface area (Å²) in [5.41, 5.74) is -0.174. The number of H-pyrrole nitrogens is 1. The molecule has 0 saturated carbocycles. The van der Waals surface area contributed by atoms with E-state index in [-0.39, 0.29) is 11.2 Å². The minimum atomic E-state index is -0.299. The maximum Gasteiger partial charge on any atom is 0.286 e. The molecule has 2 radical (unpaired) electrons. The lowest BCUT2D eigenvalue weighted by Gasteiger charge is -1.75. The van der Waals surface area contributed by atoms with Crippen LogP contribution in [0.5, 0.6) is 0 Å². The molecule has 3 nitrogen and oxygen atoms in total. The first-order valence-corrected chi connectivity index (χ1v) is 2.52. The van der Waals surface area contributed by atoms with Crippen molar-refractivity contribution in [3.63, 3.8) is 0 Å². The van der Waals surface area contributed by atoms with Crippen LogP contribution in [-0.2, 0) is 0 Å². The van der Waals surface area contributed by atoms with Crippen molar-refractivity contribution >= 4 is 28.1 Å². The van der Waals surface area contributed by atoms with Crippen molar-refractivity contribution in [3.05, 3.63) is 10.4 Å². The molecule has 0 bridgehead atoms. The SMILES string of the molecule is [B]c1o[nH]c(=O)c1P. The van der Waals surface area contributed by atoms with Gasteiger partial charge >= 0.3 is 0 Å². The largest absolute Gasteiger partial charge is 0.395 e. The minimum Gasteiger partial charge on any atom is -0.395 e. The molecule has 1 aromatic rings. The number of aromatic nitrogens is 1. The molecule has 0 aliphatic heterocycles. The van der Waals surface area contributed by atoms with Gasteiger partial charge in [-0.1, -0.05) is 9.24 Å². The monoisotopic (exact) mass is 127 g/mol. The molecular formula is C3H3BNO2P. The van der Waals surface area contributed by atoms with Crippen LogP contribution in [0.4, 0.5) is 0 Å². The van der Waals surface area contributed by atoms with Crippen LogP contribution in [0, 0.1) is 0 Å². The second kappa shape index (κ2) is 1.79. The molecule has 0 saturated heterocycles. The standard InChI is InChI=1S/C3H3BNO2P/c4-2-1(8)3(6)5-7-2/h8H2,(H,5,6). The second-order valence-electron chi connectivity index (χ2n) is 1.31. The van der Waals surface area contributed by atoms with Crippen LogP contribution in [0.25, 0.3) is 0 Å². The maximum atomic E-state index is 10.4. The Kier molecular flexibility index (Phi) is 1.26. The zero-order valence-corrected chi connectivity index (χ0v) is 5.13. The highest BCUT2D eigenvalue weighted by Gasteiger charge is 1.98. The lowest BCUT2D eigenvalue weighted by atomic mass is 10.1. The maximum absolute atomic E-state index is 10.4. The van der Waals surface area contributed by atoms with Crippen LogP contribution in [-0.4, -0.2) is 13.0 Å². The highest BCUT2D eigenvalue weighted by Crippen LogP contribution is 1.71. The number of nitrogens with one attached hydrogen (secondary N) is 1. The zero-order chi connectivity index (χ0) is 6.15. The van der Waals surface area contributed by atoms with Gasteiger partial charge in [-0.25, -0.2) is 0 Å². The van der Waals surface area contributed by atoms with E-state index in [2.05, 4.69) is 18.9 Å². The number of aromatic amines is 1. The van der Waals surface area contributed by atoms with Gasteiger partial charge in [0.1, 0.15) is 0 Å². The minimum absolute atomic E-state index is 0.125. The lowest BCUT2D eigenvalue weighted by molar-refractivity contribution is 0.439. The van der Waals surface area contributed by atoms with E-state index in [1.807, 2.05) is 0 Å². The number of hydrogen-bond donors (Lipinski definition) is 1. The summed E-state index contributed by atoms with van der Waals surface area (Å²) < 4.78 is 4.41. The summed E-state index contributed by atoms with van der Waals surface area (Å²) in [7, 11) is 7.29. The molecule has 5 heteroatoms. The number of rotatable bonds is 0. The number of hydrogen-bond acceptors (Lipinski definition) is 2. The third kappa shape index (κ3) is 0.714. The third-order valence-electron chi connectivity index (χ3n) is 0.764. The molecule has 0 aliphatic carbocycles. The van der Waals surface area contributed by atoms with E-state index < -0.39 is 0 Å². The first-order chi connectivity index (χ1) is 3.72. The molecule has 1 rings (SSSR count). The van der Waals surface area contributed by atoms with E-state index in [1.54, 1.807) is 0 Å². The molecule has 0 amide bonds. The van der Waals surface area contributed by atoms with Crippen LogP contribution in [0.15, 0.2) is 9.32 Å². The Morgan fingerprint density at radius 3 is 2.50 bits per heavy atom. The molecule has 1 heterocycles. The summed E-state index contributed by atoms with van der Waals surface area (Å²) in [4.78, 5) is 10.4. The van der Waals surface area contributed by atoms with E-state index in [4.69, 9.17) is 7.85 Å². The summed E-state index contributed by atoms with van der Waals surface area (Å²) in [6.45, 7) is 0.